The molecule has 152 valence electrons. The average Bonchev–Trinajstić information content (AvgIpc) is 3.35. The third-order valence-electron chi connectivity index (χ3n) is 5.59. The summed E-state index contributed by atoms with van der Waals surface area (Å²) in [6.07, 6.45) is 8.47. The van der Waals surface area contributed by atoms with E-state index < -0.39 is 0 Å². The molecule has 1 saturated carbocycles. The molecule has 0 atom stereocenters. The molecule has 5 rings (SSSR count). The second-order valence-corrected chi connectivity index (χ2v) is 8.75. The van der Waals surface area contributed by atoms with Gasteiger partial charge in [-0.2, -0.15) is 5.10 Å². The van der Waals surface area contributed by atoms with E-state index in [1.165, 1.54) is 19.3 Å². The van der Waals surface area contributed by atoms with Crippen molar-refractivity contribution in [3.63, 3.8) is 0 Å². The van der Waals surface area contributed by atoms with Crippen molar-refractivity contribution < 1.29 is 9.53 Å². The summed E-state index contributed by atoms with van der Waals surface area (Å²) in [5, 5.41) is 5.63. The maximum atomic E-state index is 11.4. The van der Waals surface area contributed by atoms with Crippen LogP contribution < -0.4 is 4.74 Å². The summed E-state index contributed by atoms with van der Waals surface area (Å²) < 4.78 is 7.94. The van der Waals surface area contributed by atoms with E-state index in [1.807, 2.05) is 47.1 Å². The van der Waals surface area contributed by atoms with E-state index in [1.54, 1.807) is 18.3 Å². The average molecular weight is 418 g/mol. The highest BCUT2D eigenvalue weighted by Crippen LogP contribution is 2.30. The lowest BCUT2D eigenvalue weighted by atomic mass is 9.98. The van der Waals surface area contributed by atoms with Gasteiger partial charge in [0.15, 0.2) is 5.78 Å². The number of imidazole rings is 1. The first kappa shape index (κ1) is 19.0. The zero-order valence-electron chi connectivity index (χ0n) is 16.9. The van der Waals surface area contributed by atoms with Crippen molar-refractivity contribution in [2.45, 2.75) is 45.1 Å². The molecule has 0 N–H and O–H groups in total. The van der Waals surface area contributed by atoms with E-state index in [0.29, 0.717) is 11.7 Å². The Balaban J connectivity index is 1.33. The maximum Gasteiger partial charge on any atom is 0.213 e. The topological polar surface area (TPSA) is 56.5 Å². The van der Waals surface area contributed by atoms with Crippen molar-refractivity contribution in [3.05, 3.63) is 60.3 Å². The molecule has 0 unspecified atom stereocenters. The van der Waals surface area contributed by atoms with Gasteiger partial charge >= 0.3 is 0 Å². The normalized spacial score (nSPS) is 14.8. The van der Waals surface area contributed by atoms with E-state index in [0.717, 1.165) is 45.4 Å². The molecule has 5 nitrogen and oxygen atoms in total. The molecule has 0 saturated heterocycles. The monoisotopic (exact) mass is 417 g/mol. The lowest BCUT2D eigenvalue weighted by Gasteiger charge is -2.22. The van der Waals surface area contributed by atoms with Gasteiger partial charge in [-0.1, -0.05) is 42.0 Å². The number of Topliss-reactive ketones (excluding diaryl/α,β-unsaturated/α-hetero) is 1. The third kappa shape index (κ3) is 3.87. The number of fused-ring (bicyclic) bond motifs is 1. The summed E-state index contributed by atoms with van der Waals surface area (Å²) >= 11 is 1.56. The van der Waals surface area contributed by atoms with Crippen LogP contribution in [-0.2, 0) is 0 Å². The van der Waals surface area contributed by atoms with Gasteiger partial charge in [0.2, 0.25) is 4.96 Å². The number of rotatable bonds is 5. The first-order valence-electron chi connectivity index (χ1n) is 10.4. The lowest BCUT2D eigenvalue weighted by molar-refractivity contribution is 0.101. The van der Waals surface area contributed by atoms with Crippen molar-refractivity contribution in [1.29, 1.82) is 0 Å². The lowest BCUT2D eigenvalue weighted by Crippen LogP contribution is -2.19. The quantitative estimate of drug-likeness (QED) is 0.372. The molecule has 0 spiro atoms. The minimum absolute atomic E-state index is 0.0637. The molecule has 0 aliphatic heterocycles. The Kier molecular flexibility index (Phi) is 5.09. The van der Waals surface area contributed by atoms with Crippen molar-refractivity contribution in [2.24, 2.45) is 0 Å². The number of carbonyl (C=O) groups excluding carboxylic acids is 1. The van der Waals surface area contributed by atoms with Crippen LogP contribution in [0.5, 0.6) is 5.75 Å². The zero-order chi connectivity index (χ0) is 20.5. The fourth-order valence-electron chi connectivity index (χ4n) is 3.88. The highest BCUT2D eigenvalue weighted by molar-refractivity contribution is 7.19. The van der Waals surface area contributed by atoms with Crippen molar-refractivity contribution in [2.75, 3.05) is 0 Å². The van der Waals surface area contributed by atoms with Crippen LogP contribution in [0.2, 0.25) is 0 Å². The van der Waals surface area contributed by atoms with Crippen LogP contribution in [0.15, 0.2) is 54.7 Å². The molecule has 1 fully saturated rings. The molecule has 0 bridgehead atoms. The van der Waals surface area contributed by atoms with Gasteiger partial charge in [-0.15, -0.1) is 0 Å². The molecule has 4 aromatic rings. The van der Waals surface area contributed by atoms with Gasteiger partial charge in [0.05, 0.1) is 18.0 Å². The van der Waals surface area contributed by atoms with Crippen LogP contribution >= 0.6 is 11.3 Å². The summed E-state index contributed by atoms with van der Waals surface area (Å²) in [6, 6.07) is 15.7. The predicted octanol–water partition coefficient (Wildman–Crippen LogP) is 6.04. The summed E-state index contributed by atoms with van der Waals surface area (Å²) in [7, 11) is 0. The zero-order valence-corrected chi connectivity index (χ0v) is 17.7. The van der Waals surface area contributed by atoms with Crippen molar-refractivity contribution in [1.82, 2.24) is 14.6 Å². The number of aromatic nitrogens is 3. The smallest absolute Gasteiger partial charge is 0.213 e. The Morgan fingerprint density at radius 3 is 2.37 bits per heavy atom. The Bertz CT molecular complexity index is 1140. The standard InChI is InChI=1S/C24H23N3O2S/c1-16(28)17-7-9-18(10-8-17)22-15-27-24(25-22)30-23(26-27)19-11-13-21(14-12-19)29-20-5-3-2-4-6-20/h7-15,20H,2-6H2,1H3. The molecule has 6 heteroatoms. The van der Waals surface area contributed by atoms with Crippen molar-refractivity contribution >= 4 is 22.1 Å². The Labute approximate surface area is 179 Å². The second-order valence-electron chi connectivity index (χ2n) is 7.80. The number of hydrogen-bond acceptors (Lipinski definition) is 5. The van der Waals surface area contributed by atoms with Crippen LogP contribution in [0, 0.1) is 0 Å². The van der Waals surface area contributed by atoms with E-state index in [4.69, 9.17) is 14.8 Å². The summed E-state index contributed by atoms with van der Waals surface area (Å²) in [5.41, 5.74) is 3.60. The molecule has 2 heterocycles. The Morgan fingerprint density at radius 2 is 1.70 bits per heavy atom. The van der Waals surface area contributed by atoms with Crippen LogP contribution in [0.25, 0.3) is 26.8 Å². The molecule has 1 aliphatic carbocycles. The number of ether oxygens (including phenoxy) is 1. The highest BCUT2D eigenvalue weighted by Gasteiger charge is 2.15. The Morgan fingerprint density at radius 1 is 1.00 bits per heavy atom. The van der Waals surface area contributed by atoms with Gasteiger partial charge in [-0.05, 0) is 56.9 Å². The van der Waals surface area contributed by atoms with Crippen LogP contribution in [-0.4, -0.2) is 26.5 Å². The third-order valence-corrected chi connectivity index (χ3v) is 6.56. The van der Waals surface area contributed by atoms with Gasteiger partial charge in [-0.3, -0.25) is 4.79 Å². The van der Waals surface area contributed by atoms with Gasteiger partial charge in [0.25, 0.3) is 0 Å². The van der Waals surface area contributed by atoms with E-state index in [-0.39, 0.29) is 5.78 Å². The highest BCUT2D eigenvalue weighted by atomic mass is 32.1. The Hall–Kier alpha value is -2.99. The molecule has 0 radical (unpaired) electrons. The number of carbonyl (C=O) groups is 1. The first-order valence-corrected chi connectivity index (χ1v) is 11.2. The second kappa shape index (κ2) is 8.03. The first-order chi connectivity index (χ1) is 14.7. The molecule has 2 aromatic heterocycles. The molecule has 30 heavy (non-hydrogen) atoms. The molecule has 0 amide bonds. The van der Waals surface area contributed by atoms with Gasteiger partial charge < -0.3 is 4.74 Å². The SMILES string of the molecule is CC(=O)c1ccc(-c2cn3nc(-c4ccc(OC5CCCCC5)cc4)sc3n2)cc1. The van der Waals surface area contributed by atoms with Crippen LogP contribution in [0.1, 0.15) is 49.4 Å². The van der Waals surface area contributed by atoms with Gasteiger partial charge in [-0.25, -0.2) is 9.50 Å². The number of nitrogens with zero attached hydrogens (tertiary/aromatic N) is 3. The van der Waals surface area contributed by atoms with E-state index >= 15 is 0 Å². The van der Waals surface area contributed by atoms with Crippen molar-refractivity contribution in [3.8, 4) is 27.6 Å². The summed E-state index contributed by atoms with van der Waals surface area (Å²) in [4.78, 5) is 17.0. The summed E-state index contributed by atoms with van der Waals surface area (Å²) in [6.45, 7) is 1.57. The molecular weight excluding hydrogens is 394 g/mol. The fourth-order valence-corrected chi connectivity index (χ4v) is 4.77. The minimum Gasteiger partial charge on any atom is -0.490 e. The summed E-state index contributed by atoms with van der Waals surface area (Å²) in [5.74, 6) is 0.997. The minimum atomic E-state index is 0.0637. The number of hydrogen-bond donors (Lipinski definition) is 0. The molecular formula is C24H23N3O2S. The maximum absolute atomic E-state index is 11.4. The largest absolute Gasteiger partial charge is 0.490 e. The molecule has 1 aliphatic rings. The van der Waals surface area contributed by atoms with E-state index in [2.05, 4.69) is 12.1 Å². The van der Waals surface area contributed by atoms with Gasteiger partial charge in [0.1, 0.15) is 10.8 Å². The van der Waals surface area contributed by atoms with Crippen LogP contribution in [0.4, 0.5) is 0 Å². The number of benzene rings is 2. The van der Waals surface area contributed by atoms with E-state index in [9.17, 15) is 4.79 Å². The van der Waals surface area contributed by atoms with Crippen LogP contribution in [0.3, 0.4) is 0 Å². The molecule has 2 aromatic carbocycles. The number of ketones is 1. The predicted molar refractivity (Wildman–Crippen MR) is 119 cm³/mol. The van der Waals surface area contributed by atoms with Gasteiger partial charge in [0, 0.05) is 16.7 Å². The fraction of sp³-hybridized carbons (Fsp3) is 0.292.